The van der Waals surface area contributed by atoms with Crippen LogP contribution in [0.15, 0.2) is 45.9 Å². The van der Waals surface area contributed by atoms with Crippen LogP contribution in [0.3, 0.4) is 0 Å². The van der Waals surface area contributed by atoms with Gasteiger partial charge in [0.1, 0.15) is 11.5 Å². The molecular weight excluding hydrogens is 288 g/mol. The zero-order valence-electron chi connectivity index (χ0n) is 11.1. The molecule has 0 saturated heterocycles. The zero-order chi connectivity index (χ0) is 15.4. The van der Waals surface area contributed by atoms with Gasteiger partial charge in [-0.3, -0.25) is 0 Å². The summed E-state index contributed by atoms with van der Waals surface area (Å²) in [5, 5.41) is 25.9. The third-order valence-corrected chi connectivity index (χ3v) is 2.72. The molecule has 110 valence electrons. The number of hydrogen-bond donors (Lipinski definition) is 3. The van der Waals surface area contributed by atoms with E-state index in [1.165, 1.54) is 12.3 Å². The number of anilines is 1. The molecule has 0 unspecified atom stereocenters. The predicted octanol–water partition coefficient (Wildman–Crippen LogP) is 1.60. The normalized spacial score (nSPS) is 10.9. The maximum absolute atomic E-state index is 11.0. The van der Waals surface area contributed by atoms with Crippen LogP contribution in [0.1, 0.15) is 16.1 Å². The van der Waals surface area contributed by atoms with E-state index in [0.717, 1.165) is 0 Å². The van der Waals surface area contributed by atoms with Crippen molar-refractivity contribution in [2.75, 3.05) is 5.43 Å². The van der Waals surface area contributed by atoms with Gasteiger partial charge in [0.15, 0.2) is 0 Å². The fourth-order valence-electron chi connectivity index (χ4n) is 1.75. The van der Waals surface area contributed by atoms with Crippen LogP contribution in [0.5, 0.6) is 0 Å². The number of nitrogens with zero attached hydrogens (tertiary/aromatic N) is 4. The molecule has 0 spiro atoms. The molecule has 2 heterocycles. The Morgan fingerprint density at radius 1 is 1.36 bits per heavy atom. The Bertz CT molecular complexity index is 809. The van der Waals surface area contributed by atoms with Crippen molar-refractivity contribution in [3.8, 4) is 11.3 Å². The molecule has 0 bridgehead atoms. The van der Waals surface area contributed by atoms with E-state index in [9.17, 15) is 4.79 Å². The van der Waals surface area contributed by atoms with E-state index in [-0.39, 0.29) is 11.5 Å². The molecule has 0 aliphatic rings. The second kappa shape index (κ2) is 5.87. The van der Waals surface area contributed by atoms with Gasteiger partial charge in [0.05, 0.1) is 11.8 Å². The van der Waals surface area contributed by atoms with E-state index in [2.05, 4.69) is 31.2 Å². The van der Waals surface area contributed by atoms with Crippen LogP contribution >= 0.6 is 0 Å². The van der Waals surface area contributed by atoms with Crippen LogP contribution in [-0.2, 0) is 0 Å². The van der Waals surface area contributed by atoms with Gasteiger partial charge in [-0.1, -0.05) is 17.2 Å². The number of aromatic amines is 1. The van der Waals surface area contributed by atoms with Crippen LogP contribution in [-0.4, -0.2) is 37.9 Å². The van der Waals surface area contributed by atoms with Crippen LogP contribution in [0.4, 0.5) is 5.95 Å². The average Bonchev–Trinajstić information content (AvgIpc) is 3.19. The number of H-pyrrole nitrogens is 1. The topological polar surface area (TPSA) is 129 Å². The summed E-state index contributed by atoms with van der Waals surface area (Å²) in [5.74, 6) is 0.285. The van der Waals surface area contributed by atoms with Gasteiger partial charge in [0.2, 0.25) is 0 Å². The molecule has 9 heteroatoms. The first-order chi connectivity index (χ1) is 10.7. The lowest BCUT2D eigenvalue weighted by Gasteiger charge is -1.98. The minimum Gasteiger partial charge on any atom is -0.478 e. The third-order valence-electron chi connectivity index (χ3n) is 2.72. The van der Waals surface area contributed by atoms with Crippen LogP contribution < -0.4 is 5.43 Å². The molecule has 2 aromatic heterocycles. The first-order valence-corrected chi connectivity index (χ1v) is 6.18. The van der Waals surface area contributed by atoms with E-state index in [1.54, 1.807) is 30.3 Å². The van der Waals surface area contributed by atoms with Crippen LogP contribution in [0, 0.1) is 0 Å². The van der Waals surface area contributed by atoms with Crippen molar-refractivity contribution in [3.05, 3.63) is 47.7 Å². The molecule has 0 fully saturated rings. The summed E-state index contributed by atoms with van der Waals surface area (Å²) in [4.78, 5) is 11.0. The van der Waals surface area contributed by atoms with Gasteiger partial charge in [-0.05, 0) is 29.5 Å². The molecule has 3 rings (SSSR count). The Balaban J connectivity index is 1.74. The summed E-state index contributed by atoms with van der Waals surface area (Å²) >= 11 is 0. The zero-order valence-corrected chi connectivity index (χ0v) is 11.1. The number of carboxylic acids is 1. The first-order valence-electron chi connectivity index (χ1n) is 6.18. The number of aromatic carboxylic acids is 1. The Hall–Kier alpha value is -3.49. The monoisotopic (exact) mass is 298 g/mol. The number of benzene rings is 1. The minimum atomic E-state index is -0.987. The summed E-state index contributed by atoms with van der Waals surface area (Å²) in [5.41, 5.74) is 3.43. The molecule has 0 amide bonds. The number of hydrazone groups is 1. The van der Waals surface area contributed by atoms with E-state index in [0.29, 0.717) is 17.1 Å². The summed E-state index contributed by atoms with van der Waals surface area (Å²) in [6.45, 7) is 0. The molecule has 0 aliphatic heterocycles. The van der Waals surface area contributed by atoms with Crippen LogP contribution in [0.2, 0.25) is 0 Å². The van der Waals surface area contributed by atoms with Gasteiger partial charge in [0, 0.05) is 5.56 Å². The lowest BCUT2D eigenvalue weighted by atomic mass is 10.1. The number of rotatable bonds is 5. The molecular formula is C13H10N6O3. The average molecular weight is 298 g/mol. The SMILES string of the molecule is O=C(O)c1cccc(-c2ccc(/C=N\Nc3nn[nH]n3)o2)c1. The Morgan fingerprint density at radius 3 is 3.05 bits per heavy atom. The van der Waals surface area contributed by atoms with Crippen molar-refractivity contribution in [3.63, 3.8) is 0 Å². The summed E-state index contributed by atoms with van der Waals surface area (Å²) in [6.07, 6.45) is 1.45. The summed E-state index contributed by atoms with van der Waals surface area (Å²) in [6, 6.07) is 9.93. The molecule has 3 aromatic rings. The second-order valence-electron chi connectivity index (χ2n) is 4.19. The highest BCUT2D eigenvalue weighted by atomic mass is 16.4. The number of hydrogen-bond acceptors (Lipinski definition) is 7. The van der Waals surface area contributed by atoms with Gasteiger partial charge in [-0.2, -0.15) is 10.3 Å². The fraction of sp³-hybridized carbons (Fsp3) is 0. The minimum absolute atomic E-state index is 0.197. The van der Waals surface area contributed by atoms with Crippen molar-refractivity contribution in [1.82, 2.24) is 20.6 Å². The maximum atomic E-state index is 11.0. The Morgan fingerprint density at radius 2 is 2.27 bits per heavy atom. The highest BCUT2D eigenvalue weighted by Gasteiger charge is 2.07. The van der Waals surface area contributed by atoms with E-state index in [4.69, 9.17) is 9.52 Å². The predicted molar refractivity (Wildman–Crippen MR) is 76.5 cm³/mol. The first kappa shape index (κ1) is 13.5. The van der Waals surface area contributed by atoms with Crippen molar-refractivity contribution in [1.29, 1.82) is 0 Å². The second-order valence-corrected chi connectivity index (χ2v) is 4.19. The van der Waals surface area contributed by atoms with Crippen molar-refractivity contribution < 1.29 is 14.3 Å². The molecule has 0 aliphatic carbocycles. The van der Waals surface area contributed by atoms with Gasteiger partial charge >= 0.3 is 5.97 Å². The van der Waals surface area contributed by atoms with Crippen molar-refractivity contribution in [2.45, 2.75) is 0 Å². The number of carboxylic acid groups (broad SMARTS) is 1. The number of carbonyl (C=O) groups is 1. The number of aromatic nitrogens is 4. The smallest absolute Gasteiger partial charge is 0.335 e. The largest absolute Gasteiger partial charge is 0.478 e. The highest BCUT2D eigenvalue weighted by molar-refractivity contribution is 5.89. The van der Waals surface area contributed by atoms with Crippen LogP contribution in [0.25, 0.3) is 11.3 Å². The summed E-state index contributed by atoms with van der Waals surface area (Å²) < 4.78 is 5.58. The molecule has 1 aromatic carbocycles. The molecule has 22 heavy (non-hydrogen) atoms. The Labute approximate surface area is 123 Å². The van der Waals surface area contributed by atoms with Gasteiger partial charge < -0.3 is 9.52 Å². The van der Waals surface area contributed by atoms with Gasteiger partial charge in [-0.25, -0.2) is 10.2 Å². The van der Waals surface area contributed by atoms with E-state index >= 15 is 0 Å². The summed E-state index contributed by atoms with van der Waals surface area (Å²) in [7, 11) is 0. The van der Waals surface area contributed by atoms with Gasteiger partial charge in [-0.15, -0.1) is 5.10 Å². The van der Waals surface area contributed by atoms with Crippen molar-refractivity contribution in [2.24, 2.45) is 5.10 Å². The molecule has 0 saturated carbocycles. The number of nitrogens with one attached hydrogen (secondary N) is 2. The standard InChI is InChI=1S/C13H10N6O3/c20-12(21)9-3-1-2-8(6-9)11-5-4-10(22-11)7-14-15-13-16-18-19-17-13/h1-7H,(H,20,21)(H2,15,16,17,18,19)/b14-7-. The number of furan rings is 1. The lowest BCUT2D eigenvalue weighted by molar-refractivity contribution is 0.0697. The van der Waals surface area contributed by atoms with E-state index in [1.807, 2.05) is 0 Å². The van der Waals surface area contributed by atoms with Gasteiger partial charge in [0.25, 0.3) is 5.95 Å². The lowest BCUT2D eigenvalue weighted by Crippen LogP contribution is -1.95. The maximum Gasteiger partial charge on any atom is 0.335 e. The molecule has 3 N–H and O–H groups in total. The molecule has 0 atom stereocenters. The molecule has 0 radical (unpaired) electrons. The molecule has 9 nitrogen and oxygen atoms in total. The van der Waals surface area contributed by atoms with Crippen molar-refractivity contribution >= 4 is 18.1 Å². The highest BCUT2D eigenvalue weighted by Crippen LogP contribution is 2.22. The third kappa shape index (κ3) is 2.98. The fourth-order valence-corrected chi connectivity index (χ4v) is 1.75. The quantitative estimate of drug-likeness (QED) is 0.482. The number of tetrazole rings is 1. The van der Waals surface area contributed by atoms with E-state index < -0.39 is 5.97 Å². The Kier molecular flexibility index (Phi) is 3.60.